The minimum absolute atomic E-state index is 0.178. The lowest BCUT2D eigenvalue weighted by atomic mass is 10.2. The van der Waals surface area contributed by atoms with Crippen molar-refractivity contribution >= 4 is 33.3 Å². The molecule has 34 heavy (non-hydrogen) atoms. The van der Waals surface area contributed by atoms with Gasteiger partial charge in [-0.3, -0.25) is 0 Å². The van der Waals surface area contributed by atoms with Gasteiger partial charge in [0.2, 0.25) is 0 Å². The van der Waals surface area contributed by atoms with Gasteiger partial charge < -0.3 is 4.55 Å². The minimum Gasteiger partial charge on any atom is -0.744 e. The van der Waals surface area contributed by atoms with Crippen LogP contribution in [-0.4, -0.2) is 19.6 Å². The Labute approximate surface area is 204 Å². The Bertz CT molecular complexity index is 1210. The van der Waals surface area contributed by atoms with E-state index in [1.807, 2.05) is 6.92 Å². The average molecular weight is 491 g/mol. The molecular formula is C29H31O3PS. The first-order valence-corrected chi connectivity index (χ1v) is 14.8. The molecule has 0 heterocycles. The summed E-state index contributed by atoms with van der Waals surface area (Å²) < 4.78 is 31.2. The molecule has 0 aromatic heterocycles. The molecule has 0 aliphatic carbocycles. The van der Waals surface area contributed by atoms with Crippen LogP contribution in [0.1, 0.15) is 22.3 Å². The molecule has 0 amide bonds. The van der Waals surface area contributed by atoms with Crippen molar-refractivity contribution in [3.05, 3.63) is 119 Å². The van der Waals surface area contributed by atoms with Crippen molar-refractivity contribution in [2.45, 2.75) is 32.6 Å². The van der Waals surface area contributed by atoms with E-state index < -0.39 is 17.4 Å². The molecule has 0 saturated carbocycles. The highest BCUT2D eigenvalue weighted by Gasteiger charge is 2.39. The summed E-state index contributed by atoms with van der Waals surface area (Å²) in [7, 11) is -5.86. The monoisotopic (exact) mass is 490 g/mol. The zero-order valence-corrected chi connectivity index (χ0v) is 22.0. The molecule has 4 rings (SSSR count). The van der Waals surface area contributed by atoms with Gasteiger partial charge >= 0.3 is 0 Å². The molecule has 4 aromatic rings. The highest BCUT2D eigenvalue weighted by atomic mass is 32.2. The van der Waals surface area contributed by atoms with Crippen LogP contribution in [0.15, 0.2) is 102 Å². The molecule has 0 fully saturated rings. The second kappa shape index (κ2) is 10.7. The van der Waals surface area contributed by atoms with E-state index >= 15 is 0 Å². The summed E-state index contributed by atoms with van der Waals surface area (Å²) in [4.78, 5) is -0.178. The largest absolute Gasteiger partial charge is 0.744 e. The molecule has 5 heteroatoms. The van der Waals surface area contributed by atoms with Crippen LogP contribution in [0.2, 0.25) is 0 Å². The number of aryl methyl sites for hydroxylation is 4. The van der Waals surface area contributed by atoms with Crippen molar-refractivity contribution in [1.82, 2.24) is 0 Å². The van der Waals surface area contributed by atoms with Gasteiger partial charge in [0, 0.05) is 0 Å². The fourth-order valence-electron chi connectivity index (χ4n) is 3.68. The Kier molecular flexibility index (Phi) is 8.09. The van der Waals surface area contributed by atoms with Crippen LogP contribution in [0.5, 0.6) is 0 Å². The van der Waals surface area contributed by atoms with Crippen LogP contribution in [0.4, 0.5) is 0 Å². The molecule has 0 aliphatic heterocycles. The maximum atomic E-state index is 10.4. The number of rotatable bonds is 4. The van der Waals surface area contributed by atoms with Crippen molar-refractivity contribution in [2.24, 2.45) is 0 Å². The first-order valence-electron chi connectivity index (χ1n) is 11.1. The third-order valence-corrected chi connectivity index (χ3v) is 10.8. The standard InChI is InChI=1S/C22H24P.C7H8O3S/c1-17-5-11-20(12-6-17)23(4,21-13-7-18(2)8-14-21)22-15-9-19(3)10-16-22;1-6-2-4-7(5-3-6)11(8,9)10/h5-16H,1-4H3;2-5H,1H3,(H,8,9,10)/q+1;/p-1. The molecule has 0 radical (unpaired) electrons. The summed E-state index contributed by atoms with van der Waals surface area (Å²) in [6, 6.07) is 33.0. The van der Waals surface area contributed by atoms with E-state index in [2.05, 4.69) is 100 Å². The number of hydrogen-bond donors (Lipinski definition) is 0. The Hall–Kier alpha value is -2.78. The quantitative estimate of drug-likeness (QED) is 0.283. The van der Waals surface area contributed by atoms with Gasteiger partial charge in [-0.2, -0.15) is 0 Å². The highest BCUT2D eigenvalue weighted by molar-refractivity contribution is 7.95. The van der Waals surface area contributed by atoms with Gasteiger partial charge in [-0.05, 0) is 76.2 Å². The Morgan fingerprint density at radius 2 is 0.735 bits per heavy atom. The zero-order valence-electron chi connectivity index (χ0n) is 20.3. The van der Waals surface area contributed by atoms with Crippen molar-refractivity contribution in [2.75, 3.05) is 6.66 Å². The van der Waals surface area contributed by atoms with Gasteiger partial charge in [-0.15, -0.1) is 0 Å². The van der Waals surface area contributed by atoms with E-state index in [9.17, 15) is 13.0 Å². The fraction of sp³-hybridized carbons (Fsp3) is 0.172. The summed E-state index contributed by atoms with van der Waals surface area (Å²) in [6.07, 6.45) is 0. The Morgan fingerprint density at radius 3 is 0.971 bits per heavy atom. The van der Waals surface area contributed by atoms with Crippen LogP contribution in [-0.2, 0) is 10.1 Å². The van der Waals surface area contributed by atoms with Gasteiger partial charge in [0.25, 0.3) is 0 Å². The second-order valence-electron chi connectivity index (χ2n) is 8.78. The molecule has 4 aromatic carbocycles. The SMILES string of the molecule is Cc1ccc(S(=O)(=O)[O-])cc1.Cc1ccc([P+](C)(c2ccc(C)cc2)c2ccc(C)cc2)cc1. The van der Waals surface area contributed by atoms with E-state index in [-0.39, 0.29) is 4.90 Å². The van der Waals surface area contributed by atoms with E-state index in [4.69, 9.17) is 0 Å². The Morgan fingerprint density at radius 1 is 0.500 bits per heavy atom. The summed E-state index contributed by atoms with van der Waals surface area (Å²) in [5, 5.41) is 4.32. The van der Waals surface area contributed by atoms with E-state index in [1.165, 1.54) is 44.7 Å². The van der Waals surface area contributed by atoms with Crippen LogP contribution >= 0.6 is 7.26 Å². The molecule has 176 valence electrons. The van der Waals surface area contributed by atoms with E-state index in [1.54, 1.807) is 12.1 Å². The predicted molar refractivity (Wildman–Crippen MR) is 144 cm³/mol. The summed E-state index contributed by atoms with van der Waals surface area (Å²) in [5.74, 6) is 0. The third kappa shape index (κ3) is 6.21. The molecule has 0 bridgehead atoms. The van der Waals surface area contributed by atoms with Crippen molar-refractivity contribution in [1.29, 1.82) is 0 Å². The number of hydrogen-bond acceptors (Lipinski definition) is 3. The van der Waals surface area contributed by atoms with E-state index in [0.29, 0.717) is 0 Å². The van der Waals surface area contributed by atoms with Crippen molar-refractivity contribution in [3.8, 4) is 0 Å². The lowest BCUT2D eigenvalue weighted by Crippen LogP contribution is -2.30. The summed E-state index contributed by atoms with van der Waals surface area (Å²) in [6.45, 7) is 10.7. The molecule has 0 atom stereocenters. The maximum absolute atomic E-state index is 10.4. The number of benzene rings is 4. The molecule has 0 N–H and O–H groups in total. The summed E-state index contributed by atoms with van der Waals surface area (Å²) in [5.41, 5.74) is 4.87. The molecule has 3 nitrogen and oxygen atoms in total. The van der Waals surface area contributed by atoms with Gasteiger partial charge in [-0.1, -0.05) is 70.8 Å². The second-order valence-corrected chi connectivity index (χ2v) is 13.7. The highest BCUT2D eigenvalue weighted by Crippen LogP contribution is 2.51. The maximum Gasteiger partial charge on any atom is 0.124 e. The molecule has 0 unspecified atom stereocenters. The molecule has 0 spiro atoms. The van der Waals surface area contributed by atoms with Gasteiger partial charge in [0.05, 0.1) is 11.6 Å². The third-order valence-electron chi connectivity index (χ3n) is 5.96. The van der Waals surface area contributed by atoms with Crippen LogP contribution in [0.3, 0.4) is 0 Å². The van der Waals surface area contributed by atoms with Crippen LogP contribution < -0.4 is 15.9 Å². The molecule has 0 aliphatic rings. The normalized spacial score (nSPS) is 11.5. The summed E-state index contributed by atoms with van der Waals surface area (Å²) >= 11 is 0. The Balaban J connectivity index is 0.000000248. The van der Waals surface area contributed by atoms with E-state index in [0.717, 1.165) is 5.56 Å². The van der Waals surface area contributed by atoms with Crippen LogP contribution in [0.25, 0.3) is 0 Å². The smallest absolute Gasteiger partial charge is 0.124 e. The first-order chi connectivity index (χ1) is 16.0. The van der Waals surface area contributed by atoms with Crippen LogP contribution in [0, 0.1) is 27.7 Å². The lowest BCUT2D eigenvalue weighted by molar-refractivity contribution is 0.463. The van der Waals surface area contributed by atoms with Gasteiger partial charge in [0.15, 0.2) is 0 Å². The van der Waals surface area contributed by atoms with Gasteiger partial charge in [-0.25, -0.2) is 8.42 Å². The molecule has 0 saturated heterocycles. The average Bonchev–Trinajstić information content (AvgIpc) is 2.80. The topological polar surface area (TPSA) is 57.2 Å². The predicted octanol–water partition coefficient (Wildman–Crippen LogP) is 5.43. The lowest BCUT2D eigenvalue weighted by Gasteiger charge is -2.23. The zero-order chi connectivity index (χ0) is 24.9. The minimum atomic E-state index is -4.27. The first kappa shape index (κ1) is 25.8. The van der Waals surface area contributed by atoms with Crippen molar-refractivity contribution < 1.29 is 13.0 Å². The fourth-order valence-corrected chi connectivity index (χ4v) is 7.28. The molecular weight excluding hydrogens is 459 g/mol. The van der Waals surface area contributed by atoms with Crippen molar-refractivity contribution in [3.63, 3.8) is 0 Å². The van der Waals surface area contributed by atoms with Gasteiger partial charge in [0.1, 0.15) is 33.3 Å².